The third kappa shape index (κ3) is 3.66. The van der Waals surface area contributed by atoms with Gasteiger partial charge in [0, 0.05) is 16.3 Å². The first-order valence-electron chi connectivity index (χ1n) is 9.49. The zero-order chi connectivity index (χ0) is 21.4. The Morgan fingerprint density at radius 1 is 1.10 bits per heavy atom. The van der Waals surface area contributed by atoms with Gasteiger partial charge in [0.15, 0.2) is 5.69 Å². The van der Waals surface area contributed by atoms with Gasteiger partial charge in [-0.15, -0.1) is 11.3 Å². The molecule has 2 N–H and O–H groups in total. The van der Waals surface area contributed by atoms with Crippen LogP contribution in [-0.2, 0) is 0 Å². The number of ether oxygens (including phenoxy) is 1. The Morgan fingerprint density at radius 2 is 1.97 bits per heavy atom. The zero-order valence-electron chi connectivity index (χ0n) is 16.1. The number of carbonyl (C=O) groups is 2. The highest BCUT2D eigenvalue weighted by Crippen LogP contribution is 2.37. The third-order valence-electron chi connectivity index (χ3n) is 4.87. The topological polar surface area (TPSA) is 105 Å². The summed E-state index contributed by atoms with van der Waals surface area (Å²) in [6, 6.07) is 16.4. The SMILES string of the molecule is O=C(O)c1csc(-c2ccc3c(c2)N(C(=O)Nc2ccc4ccccc4n2)CCO3)n1. The molecule has 5 rings (SSSR count). The first-order chi connectivity index (χ1) is 15.1. The largest absolute Gasteiger partial charge is 0.490 e. The molecule has 31 heavy (non-hydrogen) atoms. The van der Waals surface area contributed by atoms with Crippen molar-refractivity contribution in [2.75, 3.05) is 23.4 Å². The minimum atomic E-state index is -1.08. The molecule has 0 bridgehead atoms. The van der Waals surface area contributed by atoms with E-state index in [0.717, 1.165) is 10.9 Å². The molecule has 9 heteroatoms. The Morgan fingerprint density at radius 3 is 2.81 bits per heavy atom. The maximum absolute atomic E-state index is 13.0. The lowest BCUT2D eigenvalue weighted by Gasteiger charge is -2.29. The van der Waals surface area contributed by atoms with Gasteiger partial charge in [0.1, 0.15) is 23.2 Å². The standard InChI is InChI=1S/C22H16N4O4S/c27-21(28)16-12-31-20(24-16)14-5-7-18-17(11-14)26(9-10-30-18)22(29)25-19-8-6-13-3-1-2-4-15(13)23-19/h1-8,11-12H,9-10H2,(H,27,28)(H,23,25,29). The van der Waals surface area contributed by atoms with Gasteiger partial charge in [-0.3, -0.25) is 10.2 Å². The fourth-order valence-corrected chi connectivity index (χ4v) is 4.17. The predicted molar refractivity (Wildman–Crippen MR) is 118 cm³/mol. The van der Waals surface area contributed by atoms with E-state index in [1.165, 1.54) is 16.7 Å². The maximum atomic E-state index is 13.0. The van der Waals surface area contributed by atoms with Crippen LogP contribution in [0.3, 0.4) is 0 Å². The minimum absolute atomic E-state index is 0.00838. The summed E-state index contributed by atoms with van der Waals surface area (Å²) in [6.07, 6.45) is 0. The Hall–Kier alpha value is -3.98. The maximum Gasteiger partial charge on any atom is 0.355 e. The lowest BCUT2D eigenvalue weighted by molar-refractivity contribution is 0.0691. The van der Waals surface area contributed by atoms with Gasteiger partial charge in [0.2, 0.25) is 0 Å². The molecular weight excluding hydrogens is 416 g/mol. The van der Waals surface area contributed by atoms with Crippen LogP contribution < -0.4 is 15.0 Å². The van der Waals surface area contributed by atoms with Gasteiger partial charge in [-0.05, 0) is 36.4 Å². The number of rotatable bonds is 3. The first-order valence-corrected chi connectivity index (χ1v) is 10.4. The number of nitrogens with zero attached hydrogens (tertiary/aromatic N) is 3. The number of fused-ring (bicyclic) bond motifs is 2. The van der Waals surface area contributed by atoms with E-state index in [2.05, 4.69) is 15.3 Å². The highest BCUT2D eigenvalue weighted by molar-refractivity contribution is 7.13. The van der Waals surface area contributed by atoms with Gasteiger partial charge < -0.3 is 9.84 Å². The molecule has 2 aromatic carbocycles. The van der Waals surface area contributed by atoms with Crippen LogP contribution in [0.4, 0.5) is 16.3 Å². The van der Waals surface area contributed by atoms with Crippen molar-refractivity contribution in [1.82, 2.24) is 9.97 Å². The van der Waals surface area contributed by atoms with Crippen LogP contribution in [0.15, 0.2) is 60.0 Å². The summed E-state index contributed by atoms with van der Waals surface area (Å²) in [6.45, 7) is 0.736. The van der Waals surface area contributed by atoms with Crippen molar-refractivity contribution >= 4 is 45.7 Å². The van der Waals surface area contributed by atoms with Crippen molar-refractivity contribution in [3.63, 3.8) is 0 Å². The molecule has 4 aromatic rings. The van der Waals surface area contributed by atoms with Gasteiger partial charge >= 0.3 is 12.0 Å². The van der Waals surface area contributed by atoms with E-state index in [1.807, 2.05) is 30.3 Å². The van der Waals surface area contributed by atoms with E-state index in [0.29, 0.717) is 41.0 Å². The molecule has 0 saturated carbocycles. The molecule has 3 heterocycles. The number of aromatic nitrogens is 2. The number of nitrogens with one attached hydrogen (secondary N) is 1. The van der Waals surface area contributed by atoms with Crippen molar-refractivity contribution in [1.29, 1.82) is 0 Å². The molecule has 0 fully saturated rings. The van der Waals surface area contributed by atoms with Crippen LogP contribution in [0.25, 0.3) is 21.5 Å². The number of benzene rings is 2. The van der Waals surface area contributed by atoms with Gasteiger partial charge in [-0.2, -0.15) is 0 Å². The highest BCUT2D eigenvalue weighted by atomic mass is 32.1. The number of amides is 2. The number of urea groups is 1. The molecule has 1 aliphatic rings. The molecule has 8 nitrogen and oxygen atoms in total. The average molecular weight is 432 g/mol. The Kier molecular flexibility index (Phi) is 4.72. The van der Waals surface area contributed by atoms with Crippen LogP contribution in [0.5, 0.6) is 5.75 Å². The molecule has 0 radical (unpaired) electrons. The van der Waals surface area contributed by atoms with Gasteiger partial charge in [0.05, 0.1) is 17.7 Å². The number of carbonyl (C=O) groups excluding carboxylic acids is 1. The number of carboxylic acids is 1. The van der Waals surface area contributed by atoms with Gasteiger partial charge in [0.25, 0.3) is 0 Å². The molecular formula is C22H16N4O4S. The molecule has 0 saturated heterocycles. The zero-order valence-corrected chi connectivity index (χ0v) is 16.9. The van der Waals surface area contributed by atoms with Gasteiger partial charge in [-0.1, -0.05) is 18.2 Å². The predicted octanol–water partition coefficient (Wildman–Crippen LogP) is 4.49. The summed E-state index contributed by atoms with van der Waals surface area (Å²) < 4.78 is 5.70. The second-order valence-corrected chi connectivity index (χ2v) is 7.70. The van der Waals surface area contributed by atoms with Crippen molar-refractivity contribution in [2.24, 2.45) is 0 Å². The summed E-state index contributed by atoms with van der Waals surface area (Å²) in [5, 5.41) is 15.0. The fraction of sp³-hybridized carbons (Fsp3) is 0.0909. The van der Waals surface area contributed by atoms with Crippen LogP contribution in [0.2, 0.25) is 0 Å². The van der Waals surface area contributed by atoms with E-state index >= 15 is 0 Å². The summed E-state index contributed by atoms with van der Waals surface area (Å²) in [5.74, 6) is -0.0433. The number of pyridine rings is 1. The summed E-state index contributed by atoms with van der Waals surface area (Å²) in [7, 11) is 0. The molecule has 0 aliphatic carbocycles. The van der Waals surface area contributed by atoms with E-state index in [4.69, 9.17) is 9.84 Å². The average Bonchev–Trinajstić information content (AvgIpc) is 3.29. The van der Waals surface area contributed by atoms with E-state index in [-0.39, 0.29) is 11.7 Å². The van der Waals surface area contributed by atoms with Crippen molar-refractivity contribution in [3.05, 3.63) is 65.7 Å². The monoisotopic (exact) mass is 432 g/mol. The smallest absolute Gasteiger partial charge is 0.355 e. The number of hydrogen-bond acceptors (Lipinski definition) is 6. The van der Waals surface area contributed by atoms with Gasteiger partial charge in [-0.25, -0.2) is 19.6 Å². The number of hydrogen-bond donors (Lipinski definition) is 2. The van der Waals surface area contributed by atoms with Crippen molar-refractivity contribution < 1.29 is 19.4 Å². The lowest BCUT2D eigenvalue weighted by atomic mass is 10.1. The van der Waals surface area contributed by atoms with Crippen molar-refractivity contribution in [2.45, 2.75) is 0 Å². The number of anilines is 2. The van der Waals surface area contributed by atoms with Crippen LogP contribution >= 0.6 is 11.3 Å². The molecule has 154 valence electrons. The van der Waals surface area contributed by atoms with E-state index < -0.39 is 5.97 Å². The van der Waals surface area contributed by atoms with E-state index in [9.17, 15) is 9.59 Å². The Bertz CT molecular complexity index is 1320. The quantitative estimate of drug-likeness (QED) is 0.494. The molecule has 0 atom stereocenters. The molecule has 0 unspecified atom stereocenters. The van der Waals surface area contributed by atoms with Crippen LogP contribution in [0, 0.1) is 0 Å². The summed E-state index contributed by atoms with van der Waals surface area (Å²) in [5.41, 5.74) is 2.09. The second kappa shape index (κ2) is 7.69. The fourth-order valence-electron chi connectivity index (χ4n) is 3.38. The molecule has 1 aliphatic heterocycles. The van der Waals surface area contributed by atoms with Crippen molar-refractivity contribution in [3.8, 4) is 16.3 Å². The highest BCUT2D eigenvalue weighted by Gasteiger charge is 2.25. The van der Waals surface area contributed by atoms with E-state index in [1.54, 1.807) is 29.2 Å². The van der Waals surface area contributed by atoms with Crippen LogP contribution in [0.1, 0.15) is 10.5 Å². The normalized spacial score (nSPS) is 12.8. The summed E-state index contributed by atoms with van der Waals surface area (Å²) >= 11 is 1.23. The lowest BCUT2D eigenvalue weighted by Crippen LogP contribution is -2.40. The number of aromatic carboxylic acids is 1. The molecule has 0 spiro atoms. The molecule has 2 aromatic heterocycles. The van der Waals surface area contributed by atoms with Crippen LogP contribution in [-0.4, -0.2) is 40.2 Å². The third-order valence-corrected chi connectivity index (χ3v) is 5.76. The number of thiazole rings is 1. The Labute approximate surface area is 180 Å². The Balaban J connectivity index is 1.43. The second-order valence-electron chi connectivity index (χ2n) is 6.85. The first kappa shape index (κ1) is 19.0. The number of carboxylic acid groups (broad SMARTS) is 1. The summed E-state index contributed by atoms with van der Waals surface area (Å²) in [4.78, 5) is 34.4. The minimum Gasteiger partial charge on any atom is -0.490 e. The number of para-hydroxylation sites is 1. The molecule has 2 amide bonds.